The molecule has 1 aromatic rings. The fourth-order valence-corrected chi connectivity index (χ4v) is 6.65. The normalized spacial score (nSPS) is 41.2. The van der Waals surface area contributed by atoms with E-state index in [4.69, 9.17) is 41.9 Å². The number of ether oxygens (including phenoxy) is 4. The largest absolute Gasteiger partial charge is 0.394 e. The van der Waals surface area contributed by atoms with Crippen LogP contribution in [-0.2, 0) is 23.7 Å². The molecule has 16 N–H and O–H groups in total. The smallest absolute Gasteiger partial charge is 0.261 e. The first-order valence-corrected chi connectivity index (χ1v) is 16.2. The lowest BCUT2D eigenvalue weighted by atomic mass is 9.83. The summed E-state index contributed by atoms with van der Waals surface area (Å²) in [7, 11) is 0. The van der Waals surface area contributed by atoms with E-state index >= 15 is 0 Å². The van der Waals surface area contributed by atoms with Crippen molar-refractivity contribution < 1.29 is 69.1 Å². The highest BCUT2D eigenvalue weighted by atomic mass is 16.7. The summed E-state index contributed by atoms with van der Waals surface area (Å²) in [5.41, 5.74) is 24.4. The molecular formula is C30H46N6O14. The number of fused-ring (bicyclic) bond motifs is 1. The summed E-state index contributed by atoms with van der Waals surface area (Å²) >= 11 is 0. The number of imide groups is 1. The summed E-state index contributed by atoms with van der Waals surface area (Å²) in [6.45, 7) is -1.22. The maximum atomic E-state index is 13.3. The Bertz CT molecular complexity index is 1340. The molecule has 0 unspecified atom stereocenters. The fraction of sp³-hybridized carbons (Fsp3) is 0.700. The highest BCUT2D eigenvalue weighted by Gasteiger charge is 2.52. The topological polar surface area (TPSA) is 349 Å². The molecule has 1 saturated carbocycles. The number of carbonyl (C=O) groups excluding carboxylic acids is 3. The van der Waals surface area contributed by atoms with Gasteiger partial charge in [-0.2, -0.15) is 0 Å². The van der Waals surface area contributed by atoms with Gasteiger partial charge in [-0.1, -0.05) is 12.1 Å². The van der Waals surface area contributed by atoms with Crippen molar-refractivity contribution in [3.8, 4) is 0 Å². The fourth-order valence-electron chi connectivity index (χ4n) is 6.65. The molecule has 3 amide bonds. The maximum absolute atomic E-state index is 13.3. The minimum absolute atomic E-state index is 0.197. The van der Waals surface area contributed by atoms with E-state index in [1.165, 1.54) is 12.1 Å². The summed E-state index contributed by atoms with van der Waals surface area (Å²) in [6, 6.07) is 1.23. The van der Waals surface area contributed by atoms with Gasteiger partial charge in [0.05, 0.1) is 35.9 Å². The van der Waals surface area contributed by atoms with Crippen LogP contribution in [-0.4, -0.2) is 176 Å². The number of rotatable bonds is 11. The molecule has 0 radical (unpaired) electrons. The van der Waals surface area contributed by atoms with Crippen LogP contribution in [0.1, 0.15) is 33.6 Å². The van der Waals surface area contributed by atoms with Crippen molar-refractivity contribution in [2.45, 2.75) is 111 Å². The molecule has 3 fully saturated rings. The van der Waals surface area contributed by atoms with Crippen LogP contribution in [0.5, 0.6) is 0 Å². The predicted molar refractivity (Wildman–Crippen MR) is 166 cm³/mol. The Balaban J connectivity index is 1.31. The molecule has 20 heteroatoms. The predicted octanol–water partition coefficient (Wildman–Crippen LogP) is -7.12. The molecule has 0 bridgehead atoms. The monoisotopic (exact) mass is 714 g/mol. The Morgan fingerprint density at radius 2 is 1.46 bits per heavy atom. The third-order valence-electron chi connectivity index (χ3n) is 9.65. The van der Waals surface area contributed by atoms with Crippen LogP contribution >= 0.6 is 0 Å². The molecule has 4 aliphatic rings. The summed E-state index contributed by atoms with van der Waals surface area (Å²) in [5.74, 6) is -2.13. The lowest BCUT2D eigenvalue weighted by Crippen LogP contribution is -2.70. The van der Waals surface area contributed by atoms with E-state index in [0.29, 0.717) is 0 Å². The summed E-state index contributed by atoms with van der Waals surface area (Å²) in [5, 5.41) is 76.3. The number of nitrogens with one attached hydrogen (secondary N) is 1. The second-order valence-electron chi connectivity index (χ2n) is 12.9. The molecule has 16 atom stereocenters. The van der Waals surface area contributed by atoms with Crippen LogP contribution in [0.3, 0.4) is 0 Å². The highest BCUT2D eigenvalue weighted by molar-refractivity contribution is 6.21. The average Bonchev–Trinajstić information content (AvgIpc) is 3.34. The lowest BCUT2D eigenvalue weighted by molar-refractivity contribution is -0.319. The quantitative estimate of drug-likeness (QED) is 0.0947. The number of amides is 3. The van der Waals surface area contributed by atoms with E-state index in [-0.39, 0.29) is 37.1 Å². The first-order chi connectivity index (χ1) is 23.7. The molecule has 1 aromatic carbocycles. The number of carbonyl (C=O) groups is 3. The molecule has 2 saturated heterocycles. The molecule has 50 heavy (non-hydrogen) atoms. The molecular weight excluding hydrogens is 668 g/mol. The minimum atomic E-state index is -1.76. The number of hydrogen-bond acceptors (Lipinski definition) is 18. The molecule has 5 rings (SSSR count). The molecule has 0 aromatic heterocycles. The van der Waals surface area contributed by atoms with Gasteiger partial charge in [0.1, 0.15) is 61.0 Å². The Morgan fingerprint density at radius 3 is 2.06 bits per heavy atom. The van der Waals surface area contributed by atoms with Crippen molar-refractivity contribution >= 4 is 17.7 Å². The summed E-state index contributed by atoms with van der Waals surface area (Å²) < 4.78 is 23.0. The van der Waals surface area contributed by atoms with Gasteiger partial charge in [-0.05, 0) is 18.6 Å². The zero-order chi connectivity index (χ0) is 36.6. The van der Waals surface area contributed by atoms with Crippen molar-refractivity contribution in [3.05, 3.63) is 35.4 Å². The van der Waals surface area contributed by atoms with Gasteiger partial charge >= 0.3 is 0 Å². The first-order valence-electron chi connectivity index (χ1n) is 16.2. The van der Waals surface area contributed by atoms with Gasteiger partial charge in [-0.15, -0.1) is 0 Å². The molecule has 280 valence electrons. The second kappa shape index (κ2) is 15.9. The van der Waals surface area contributed by atoms with Gasteiger partial charge in [0, 0.05) is 25.6 Å². The number of nitrogens with two attached hydrogens (primary N) is 4. The van der Waals surface area contributed by atoms with Gasteiger partial charge in [-0.25, -0.2) is 0 Å². The molecule has 3 aliphatic heterocycles. The Morgan fingerprint density at radius 1 is 0.860 bits per heavy atom. The number of nitrogens with zero attached hydrogens (tertiary/aromatic N) is 1. The van der Waals surface area contributed by atoms with Crippen molar-refractivity contribution in [1.82, 2.24) is 10.2 Å². The van der Waals surface area contributed by atoms with Gasteiger partial charge in [0.25, 0.3) is 11.8 Å². The van der Waals surface area contributed by atoms with Crippen molar-refractivity contribution in [2.24, 2.45) is 22.9 Å². The standard InChI is InChI=1S/C30H46N6O14/c31-8-15-20(40)21(41)18(34)29(47-15)49-24-12(32)7-13(25(23(24)43)50-30-22(42)17(33)19(39)16(9-37)48-30)35-26(44)14(38)5-6-36-27(45)10-3-1-2-4-11(10)28(36)46/h1-4,12-25,29-30,37-43H,5-9,31-34H2,(H,35,44)/t12-,13+,14-,15-,16-,17+,18-,19-,20-,21-,22-,23-,24+,25-,29-,30-/m1/s1. The van der Waals surface area contributed by atoms with E-state index in [0.717, 1.165) is 4.90 Å². The number of aliphatic hydroxyl groups excluding tert-OH is 7. The van der Waals surface area contributed by atoms with Crippen LogP contribution < -0.4 is 28.3 Å². The Kier molecular flexibility index (Phi) is 12.2. The minimum Gasteiger partial charge on any atom is -0.394 e. The van der Waals surface area contributed by atoms with Gasteiger partial charge in [0.15, 0.2) is 12.6 Å². The zero-order valence-corrected chi connectivity index (χ0v) is 26.8. The zero-order valence-electron chi connectivity index (χ0n) is 26.8. The van der Waals surface area contributed by atoms with Gasteiger partial charge in [-0.3, -0.25) is 19.3 Å². The Hall–Kier alpha value is -2.77. The van der Waals surface area contributed by atoms with E-state index in [9.17, 15) is 50.1 Å². The lowest BCUT2D eigenvalue weighted by Gasteiger charge is -2.49. The highest BCUT2D eigenvalue weighted by Crippen LogP contribution is 2.32. The Labute approximate surface area is 285 Å². The van der Waals surface area contributed by atoms with E-state index in [1.807, 2.05) is 0 Å². The maximum Gasteiger partial charge on any atom is 0.261 e. The summed E-state index contributed by atoms with van der Waals surface area (Å²) in [6.07, 6.45) is -18.5. The summed E-state index contributed by atoms with van der Waals surface area (Å²) in [4.78, 5) is 39.6. The van der Waals surface area contributed by atoms with E-state index in [1.54, 1.807) is 12.1 Å². The van der Waals surface area contributed by atoms with Crippen molar-refractivity contribution in [1.29, 1.82) is 0 Å². The van der Waals surface area contributed by atoms with Gasteiger partial charge < -0.3 is 82.9 Å². The molecule has 20 nitrogen and oxygen atoms in total. The van der Waals surface area contributed by atoms with Crippen molar-refractivity contribution in [2.75, 3.05) is 19.7 Å². The van der Waals surface area contributed by atoms with E-state index in [2.05, 4.69) is 5.32 Å². The van der Waals surface area contributed by atoms with Crippen LogP contribution in [0, 0.1) is 0 Å². The van der Waals surface area contributed by atoms with Crippen LogP contribution in [0.25, 0.3) is 0 Å². The molecule has 3 heterocycles. The number of benzene rings is 1. The SMILES string of the molecule is NC[C@H]1O[C@H](O[C@@H]2[C@@H](O)[C@H](O[C@H]3O[C@H](CO)[C@@H](O)[C@H](N)[C@H]3O)[C@@H](NC(=O)[C@H](O)CCN3C(=O)c4ccccc4C3=O)C[C@H]2N)[C@H](N)[C@@H](O)[C@@H]1O. The van der Waals surface area contributed by atoms with Crippen LogP contribution in [0.2, 0.25) is 0 Å². The second-order valence-corrected chi connectivity index (χ2v) is 12.9. The van der Waals surface area contributed by atoms with Crippen LogP contribution in [0.15, 0.2) is 24.3 Å². The molecule has 0 spiro atoms. The number of hydrogen-bond donors (Lipinski definition) is 12. The van der Waals surface area contributed by atoms with E-state index < -0.39 is 122 Å². The third-order valence-corrected chi connectivity index (χ3v) is 9.65. The van der Waals surface area contributed by atoms with Gasteiger partial charge in [0.2, 0.25) is 5.91 Å². The average molecular weight is 715 g/mol. The number of aliphatic hydroxyl groups is 7. The molecule has 1 aliphatic carbocycles. The third kappa shape index (κ3) is 7.42. The van der Waals surface area contributed by atoms with Crippen LogP contribution in [0.4, 0.5) is 0 Å². The first kappa shape index (κ1) is 38.5. The van der Waals surface area contributed by atoms with Crippen molar-refractivity contribution in [3.63, 3.8) is 0 Å².